The van der Waals surface area contributed by atoms with Crippen molar-refractivity contribution >= 4 is 5.82 Å². The van der Waals surface area contributed by atoms with Crippen molar-refractivity contribution in [2.75, 3.05) is 12.3 Å². The van der Waals surface area contributed by atoms with Crippen molar-refractivity contribution in [3.05, 3.63) is 11.3 Å². The Labute approximate surface area is 85.7 Å². The first-order chi connectivity index (χ1) is 6.70. The van der Waals surface area contributed by atoms with E-state index in [2.05, 4.69) is 5.10 Å². The summed E-state index contributed by atoms with van der Waals surface area (Å²) in [4.78, 5) is 0. The molecule has 0 fully saturated rings. The molecule has 4 nitrogen and oxygen atoms in total. The van der Waals surface area contributed by atoms with Gasteiger partial charge in [0.05, 0.1) is 18.8 Å². The fourth-order valence-corrected chi connectivity index (χ4v) is 1.22. The molecule has 0 bridgehead atoms. The minimum absolute atomic E-state index is 0.0779. The van der Waals surface area contributed by atoms with Crippen LogP contribution >= 0.6 is 0 Å². The summed E-state index contributed by atoms with van der Waals surface area (Å²) in [5, 5.41) is 12.9. The van der Waals surface area contributed by atoms with Gasteiger partial charge in [-0.25, -0.2) is 4.68 Å². The van der Waals surface area contributed by atoms with Crippen molar-refractivity contribution in [1.29, 1.82) is 0 Å². The Bertz CT molecular complexity index is 269. The first kappa shape index (κ1) is 13.0. The van der Waals surface area contributed by atoms with Crippen LogP contribution < -0.4 is 5.73 Å². The van der Waals surface area contributed by atoms with Crippen molar-refractivity contribution in [2.45, 2.75) is 40.7 Å². The second-order valence-corrected chi connectivity index (χ2v) is 2.76. The van der Waals surface area contributed by atoms with Crippen molar-refractivity contribution < 1.29 is 5.11 Å². The van der Waals surface area contributed by atoms with Gasteiger partial charge in [-0.15, -0.1) is 0 Å². The maximum atomic E-state index is 8.70. The molecule has 0 saturated carbocycles. The van der Waals surface area contributed by atoms with Crippen LogP contribution in [0.2, 0.25) is 0 Å². The Morgan fingerprint density at radius 2 is 2.00 bits per heavy atom. The molecule has 82 valence electrons. The number of nitrogens with two attached hydrogens (primary N) is 1. The van der Waals surface area contributed by atoms with E-state index in [9.17, 15) is 0 Å². The Balaban J connectivity index is 0.000000791. The summed E-state index contributed by atoms with van der Waals surface area (Å²) in [5.41, 5.74) is 7.80. The van der Waals surface area contributed by atoms with E-state index in [1.807, 2.05) is 27.7 Å². The zero-order valence-corrected chi connectivity index (χ0v) is 9.54. The summed E-state index contributed by atoms with van der Waals surface area (Å²) in [7, 11) is 0. The molecule has 0 unspecified atom stereocenters. The van der Waals surface area contributed by atoms with Gasteiger partial charge in [-0.2, -0.15) is 5.10 Å². The number of aromatic nitrogens is 2. The molecule has 0 atom stereocenters. The van der Waals surface area contributed by atoms with E-state index in [1.165, 1.54) is 0 Å². The fourth-order valence-electron chi connectivity index (χ4n) is 1.22. The number of rotatable bonds is 3. The first-order valence-electron chi connectivity index (χ1n) is 5.13. The average molecular weight is 199 g/mol. The summed E-state index contributed by atoms with van der Waals surface area (Å²) in [5.74, 6) is 0.668. The van der Waals surface area contributed by atoms with Gasteiger partial charge in [0, 0.05) is 5.56 Å². The standard InChI is InChI=1S/C8H15N3O.C2H6/c1-3-7-6(2)8(9)11(10-7)4-5-12;1-2/h12H,3-5,9H2,1-2H3;1-2H3. The van der Waals surface area contributed by atoms with Crippen LogP contribution in [0, 0.1) is 6.92 Å². The van der Waals surface area contributed by atoms with Crippen LogP contribution in [-0.2, 0) is 13.0 Å². The molecular weight excluding hydrogens is 178 g/mol. The van der Waals surface area contributed by atoms with Crippen molar-refractivity contribution in [2.24, 2.45) is 0 Å². The van der Waals surface area contributed by atoms with Gasteiger partial charge in [-0.3, -0.25) is 0 Å². The summed E-state index contributed by atoms with van der Waals surface area (Å²) >= 11 is 0. The molecule has 3 N–H and O–H groups in total. The minimum atomic E-state index is 0.0779. The van der Waals surface area contributed by atoms with Gasteiger partial charge in [0.25, 0.3) is 0 Å². The number of nitrogens with zero attached hydrogens (tertiary/aromatic N) is 2. The predicted octanol–water partition coefficient (Wildman–Crippen LogP) is 1.35. The topological polar surface area (TPSA) is 64.1 Å². The normalized spacial score (nSPS) is 9.50. The fraction of sp³-hybridized carbons (Fsp3) is 0.700. The summed E-state index contributed by atoms with van der Waals surface area (Å²) in [6.07, 6.45) is 0.883. The lowest BCUT2D eigenvalue weighted by molar-refractivity contribution is 0.270. The smallest absolute Gasteiger partial charge is 0.124 e. The molecule has 0 radical (unpaired) electrons. The Morgan fingerprint density at radius 3 is 2.36 bits per heavy atom. The molecule has 1 aromatic heterocycles. The molecule has 0 spiro atoms. The van der Waals surface area contributed by atoms with Crippen molar-refractivity contribution in [3.8, 4) is 0 Å². The molecule has 1 rings (SSSR count). The van der Waals surface area contributed by atoms with E-state index >= 15 is 0 Å². The van der Waals surface area contributed by atoms with Gasteiger partial charge in [-0.1, -0.05) is 20.8 Å². The molecule has 14 heavy (non-hydrogen) atoms. The van der Waals surface area contributed by atoms with E-state index in [1.54, 1.807) is 4.68 Å². The first-order valence-corrected chi connectivity index (χ1v) is 5.13. The van der Waals surface area contributed by atoms with Crippen molar-refractivity contribution in [1.82, 2.24) is 9.78 Å². The Kier molecular flexibility index (Phi) is 5.95. The van der Waals surface area contributed by atoms with Gasteiger partial charge in [-0.05, 0) is 13.3 Å². The van der Waals surface area contributed by atoms with Crippen LogP contribution in [0.25, 0.3) is 0 Å². The monoisotopic (exact) mass is 199 g/mol. The molecule has 0 saturated heterocycles. The molecule has 0 aliphatic heterocycles. The molecule has 0 aliphatic carbocycles. The van der Waals surface area contributed by atoms with Gasteiger partial charge < -0.3 is 10.8 Å². The van der Waals surface area contributed by atoms with E-state index in [-0.39, 0.29) is 6.61 Å². The molecule has 1 aromatic rings. The van der Waals surface area contributed by atoms with Gasteiger partial charge in [0.15, 0.2) is 0 Å². The van der Waals surface area contributed by atoms with Gasteiger partial charge in [0.2, 0.25) is 0 Å². The van der Waals surface area contributed by atoms with Crippen LogP contribution in [0.15, 0.2) is 0 Å². The maximum absolute atomic E-state index is 8.70. The highest BCUT2D eigenvalue weighted by molar-refractivity contribution is 5.42. The maximum Gasteiger partial charge on any atom is 0.124 e. The van der Waals surface area contributed by atoms with Crippen molar-refractivity contribution in [3.63, 3.8) is 0 Å². The minimum Gasteiger partial charge on any atom is -0.394 e. The second kappa shape index (κ2) is 6.43. The number of aliphatic hydroxyl groups excluding tert-OH is 1. The quantitative estimate of drug-likeness (QED) is 0.772. The molecule has 1 heterocycles. The Hall–Kier alpha value is -1.03. The molecule has 0 aromatic carbocycles. The molecular formula is C10H21N3O. The van der Waals surface area contributed by atoms with Crippen LogP contribution in [0.1, 0.15) is 32.0 Å². The third kappa shape index (κ3) is 2.73. The lowest BCUT2D eigenvalue weighted by atomic mass is 10.2. The zero-order valence-electron chi connectivity index (χ0n) is 9.54. The number of nitrogen functional groups attached to an aromatic ring is 1. The van der Waals surface area contributed by atoms with E-state index < -0.39 is 0 Å². The highest BCUT2D eigenvalue weighted by atomic mass is 16.3. The largest absolute Gasteiger partial charge is 0.394 e. The van der Waals surface area contributed by atoms with Gasteiger partial charge in [0.1, 0.15) is 5.82 Å². The van der Waals surface area contributed by atoms with Crippen LogP contribution in [0.3, 0.4) is 0 Å². The molecule has 0 aliphatic rings. The van der Waals surface area contributed by atoms with Crippen LogP contribution in [0.5, 0.6) is 0 Å². The van der Waals surface area contributed by atoms with E-state index in [0.29, 0.717) is 12.4 Å². The lowest BCUT2D eigenvalue weighted by Crippen LogP contribution is -2.07. The summed E-state index contributed by atoms with van der Waals surface area (Å²) < 4.78 is 1.65. The number of aliphatic hydroxyl groups is 1. The summed E-state index contributed by atoms with van der Waals surface area (Å²) in [6, 6.07) is 0. The second-order valence-electron chi connectivity index (χ2n) is 2.76. The predicted molar refractivity (Wildman–Crippen MR) is 59.2 cm³/mol. The highest BCUT2D eigenvalue weighted by Gasteiger charge is 2.08. The molecule has 4 heteroatoms. The zero-order chi connectivity index (χ0) is 11.1. The summed E-state index contributed by atoms with van der Waals surface area (Å²) in [6.45, 7) is 8.55. The lowest BCUT2D eigenvalue weighted by Gasteiger charge is -1.99. The van der Waals surface area contributed by atoms with Crippen LogP contribution in [0.4, 0.5) is 5.82 Å². The number of hydrogen-bond acceptors (Lipinski definition) is 3. The molecule has 0 amide bonds. The average Bonchev–Trinajstić information content (AvgIpc) is 2.49. The third-order valence-electron chi connectivity index (χ3n) is 1.98. The van der Waals surface area contributed by atoms with E-state index in [4.69, 9.17) is 10.8 Å². The van der Waals surface area contributed by atoms with Gasteiger partial charge >= 0.3 is 0 Å². The SMILES string of the molecule is CC.CCc1nn(CCO)c(N)c1C. The highest BCUT2D eigenvalue weighted by Crippen LogP contribution is 2.15. The number of hydrogen-bond donors (Lipinski definition) is 2. The number of aryl methyl sites for hydroxylation is 1. The van der Waals surface area contributed by atoms with Crippen LogP contribution in [-0.4, -0.2) is 21.5 Å². The Morgan fingerprint density at radius 1 is 1.43 bits per heavy atom. The number of anilines is 1. The van der Waals surface area contributed by atoms with E-state index in [0.717, 1.165) is 17.7 Å². The third-order valence-corrected chi connectivity index (χ3v) is 1.98.